The molecule has 2 N–H and O–H groups in total. The summed E-state index contributed by atoms with van der Waals surface area (Å²) >= 11 is 0. The molecule has 0 bridgehead atoms. The van der Waals surface area contributed by atoms with E-state index in [0.717, 1.165) is 0 Å². The summed E-state index contributed by atoms with van der Waals surface area (Å²) in [5, 5.41) is 17.4. The molecule has 0 amide bonds. The predicted octanol–water partition coefficient (Wildman–Crippen LogP) is 1.51. The zero-order valence-electron chi connectivity index (χ0n) is 7.55. The lowest BCUT2D eigenvalue weighted by Gasteiger charge is -1.97. The molecule has 72 valence electrons. The third kappa shape index (κ3) is 8.56. The third-order valence-corrected chi connectivity index (χ3v) is 1.24. The van der Waals surface area contributed by atoms with Crippen LogP contribution in [0, 0.1) is 0 Å². The van der Waals surface area contributed by atoms with Gasteiger partial charge in [-0.2, -0.15) is 0 Å². The molecule has 0 saturated heterocycles. The van der Waals surface area contributed by atoms with Crippen molar-refractivity contribution >= 4 is 5.97 Å². The molecule has 0 aromatic heterocycles. The van der Waals surface area contributed by atoms with Crippen LogP contribution in [0.25, 0.3) is 0 Å². The summed E-state index contributed by atoms with van der Waals surface area (Å²) in [4.78, 5) is 10.1. The van der Waals surface area contributed by atoms with Crippen molar-refractivity contribution in [1.82, 2.24) is 0 Å². The molecular weight excluding hydrogens is 168 g/mol. The van der Waals surface area contributed by atoms with Gasteiger partial charge in [0.15, 0.2) is 0 Å². The van der Waals surface area contributed by atoms with Crippen LogP contribution in [0.2, 0.25) is 0 Å². The minimum Gasteiger partial charge on any atom is -0.481 e. The summed E-state index contributed by atoms with van der Waals surface area (Å²) in [6.07, 6.45) is 9.13. The minimum absolute atomic E-state index is 0.256. The van der Waals surface area contributed by atoms with Crippen molar-refractivity contribution in [3.05, 3.63) is 36.5 Å². The first-order chi connectivity index (χ1) is 6.16. The molecule has 0 radical (unpaired) electrons. The highest BCUT2D eigenvalue weighted by Crippen LogP contribution is 1.93. The molecule has 1 unspecified atom stereocenters. The average molecular weight is 182 g/mol. The minimum atomic E-state index is -1.01. The van der Waals surface area contributed by atoms with E-state index in [1.165, 1.54) is 6.08 Å². The zero-order valence-corrected chi connectivity index (χ0v) is 7.55. The molecule has 0 aliphatic carbocycles. The van der Waals surface area contributed by atoms with Gasteiger partial charge < -0.3 is 10.2 Å². The number of rotatable bonds is 5. The second-order valence-corrected chi connectivity index (χ2v) is 2.46. The summed E-state index contributed by atoms with van der Waals surface area (Å²) in [6, 6.07) is 0. The molecule has 13 heavy (non-hydrogen) atoms. The largest absolute Gasteiger partial charge is 0.481 e. The normalized spacial score (nSPS) is 14.6. The Morgan fingerprint density at radius 3 is 2.46 bits per heavy atom. The van der Waals surface area contributed by atoms with E-state index >= 15 is 0 Å². The maximum Gasteiger partial charge on any atom is 0.306 e. The quantitative estimate of drug-likeness (QED) is 0.633. The number of carboxylic acid groups (broad SMARTS) is 1. The van der Waals surface area contributed by atoms with Crippen LogP contribution in [0.1, 0.15) is 13.3 Å². The van der Waals surface area contributed by atoms with Crippen LogP contribution in [0.4, 0.5) is 0 Å². The van der Waals surface area contributed by atoms with Gasteiger partial charge in [-0.3, -0.25) is 4.79 Å². The Balaban J connectivity index is 3.77. The zero-order chi connectivity index (χ0) is 10.1. The second-order valence-electron chi connectivity index (χ2n) is 2.46. The first-order valence-electron chi connectivity index (χ1n) is 4.03. The summed E-state index contributed by atoms with van der Waals surface area (Å²) in [5.74, 6) is -1.01. The maximum atomic E-state index is 10.1. The van der Waals surface area contributed by atoms with Crippen molar-refractivity contribution in [1.29, 1.82) is 0 Å². The van der Waals surface area contributed by atoms with Gasteiger partial charge in [-0.05, 0) is 6.92 Å². The van der Waals surface area contributed by atoms with E-state index in [2.05, 4.69) is 0 Å². The van der Waals surface area contributed by atoms with Gasteiger partial charge in [0.2, 0.25) is 0 Å². The molecule has 0 aliphatic rings. The fourth-order valence-electron chi connectivity index (χ4n) is 0.679. The number of hydrogen-bond donors (Lipinski definition) is 2. The van der Waals surface area contributed by atoms with E-state index in [-0.39, 0.29) is 6.42 Å². The van der Waals surface area contributed by atoms with Gasteiger partial charge in [0.05, 0.1) is 12.5 Å². The van der Waals surface area contributed by atoms with Crippen LogP contribution < -0.4 is 0 Å². The monoisotopic (exact) mass is 182 g/mol. The molecule has 0 rings (SSSR count). The molecular formula is C10H14O3. The van der Waals surface area contributed by atoms with Gasteiger partial charge in [0.1, 0.15) is 0 Å². The van der Waals surface area contributed by atoms with Crippen LogP contribution in [0.5, 0.6) is 0 Å². The molecule has 0 fully saturated rings. The molecule has 0 aromatic carbocycles. The van der Waals surface area contributed by atoms with E-state index in [1.54, 1.807) is 18.2 Å². The van der Waals surface area contributed by atoms with Crippen molar-refractivity contribution in [2.75, 3.05) is 0 Å². The topological polar surface area (TPSA) is 57.5 Å². The highest BCUT2D eigenvalue weighted by Gasteiger charge is 2.03. The van der Waals surface area contributed by atoms with Crippen molar-refractivity contribution in [3.63, 3.8) is 0 Å². The highest BCUT2D eigenvalue weighted by atomic mass is 16.4. The van der Waals surface area contributed by atoms with Crippen LogP contribution in [-0.4, -0.2) is 22.3 Å². The van der Waals surface area contributed by atoms with Gasteiger partial charge >= 0.3 is 5.97 Å². The van der Waals surface area contributed by atoms with Gasteiger partial charge in [0, 0.05) is 0 Å². The average Bonchev–Trinajstić information content (AvgIpc) is 2.02. The van der Waals surface area contributed by atoms with Gasteiger partial charge in [-0.1, -0.05) is 36.5 Å². The molecule has 3 heteroatoms. The first-order valence-corrected chi connectivity index (χ1v) is 4.03. The molecule has 3 nitrogen and oxygen atoms in total. The number of hydrogen-bond acceptors (Lipinski definition) is 2. The maximum absolute atomic E-state index is 10.1. The highest BCUT2D eigenvalue weighted by molar-refractivity contribution is 5.67. The summed E-state index contributed by atoms with van der Waals surface area (Å²) in [7, 11) is 0. The number of aliphatic hydroxyl groups excluding tert-OH is 1. The molecule has 0 saturated carbocycles. The van der Waals surface area contributed by atoms with E-state index in [1.807, 2.05) is 19.1 Å². The molecule has 0 aliphatic heterocycles. The predicted molar refractivity (Wildman–Crippen MR) is 51.4 cm³/mol. The van der Waals surface area contributed by atoms with Crippen molar-refractivity contribution < 1.29 is 15.0 Å². The Bertz CT molecular complexity index is 226. The van der Waals surface area contributed by atoms with E-state index in [4.69, 9.17) is 10.2 Å². The van der Waals surface area contributed by atoms with Crippen LogP contribution in [0.3, 0.4) is 0 Å². The van der Waals surface area contributed by atoms with Gasteiger partial charge in [-0.15, -0.1) is 0 Å². The van der Waals surface area contributed by atoms with Crippen LogP contribution in [-0.2, 0) is 4.79 Å². The SMILES string of the molecule is C/C=C/C=C/C=C/C(O)CC(=O)O. The Hall–Kier alpha value is -1.35. The number of allylic oxidation sites excluding steroid dienone is 5. The Kier molecular flexibility index (Phi) is 6.55. The van der Waals surface area contributed by atoms with Gasteiger partial charge in [-0.25, -0.2) is 0 Å². The van der Waals surface area contributed by atoms with Crippen LogP contribution in [0.15, 0.2) is 36.5 Å². The van der Waals surface area contributed by atoms with Crippen molar-refractivity contribution in [3.8, 4) is 0 Å². The number of aliphatic carboxylic acids is 1. The molecule has 1 atom stereocenters. The smallest absolute Gasteiger partial charge is 0.306 e. The Labute approximate surface area is 77.7 Å². The molecule has 0 spiro atoms. The first kappa shape index (κ1) is 11.6. The van der Waals surface area contributed by atoms with E-state index < -0.39 is 12.1 Å². The lowest BCUT2D eigenvalue weighted by atomic mass is 10.2. The number of carboxylic acids is 1. The van der Waals surface area contributed by atoms with Crippen molar-refractivity contribution in [2.45, 2.75) is 19.4 Å². The van der Waals surface area contributed by atoms with E-state index in [0.29, 0.717) is 0 Å². The number of carbonyl (C=O) groups is 1. The van der Waals surface area contributed by atoms with Crippen LogP contribution >= 0.6 is 0 Å². The molecule has 0 heterocycles. The third-order valence-electron chi connectivity index (χ3n) is 1.24. The van der Waals surface area contributed by atoms with Crippen molar-refractivity contribution in [2.24, 2.45) is 0 Å². The standard InChI is InChI=1S/C10H14O3/c1-2-3-4-5-6-7-9(11)8-10(12)13/h2-7,9,11H,8H2,1H3,(H,12,13)/b3-2+,5-4+,7-6+. The lowest BCUT2D eigenvalue weighted by molar-refractivity contribution is -0.138. The summed E-state index contributed by atoms with van der Waals surface area (Å²) in [6.45, 7) is 1.90. The fraction of sp³-hybridized carbons (Fsp3) is 0.300. The molecule has 0 aromatic rings. The second kappa shape index (κ2) is 7.31. The summed E-state index contributed by atoms with van der Waals surface area (Å²) in [5.41, 5.74) is 0. The lowest BCUT2D eigenvalue weighted by Crippen LogP contribution is -2.09. The Morgan fingerprint density at radius 2 is 1.92 bits per heavy atom. The number of aliphatic hydroxyl groups is 1. The fourth-order valence-corrected chi connectivity index (χ4v) is 0.679. The Morgan fingerprint density at radius 1 is 1.31 bits per heavy atom. The van der Waals surface area contributed by atoms with Gasteiger partial charge in [0.25, 0.3) is 0 Å². The summed E-state index contributed by atoms with van der Waals surface area (Å²) < 4.78 is 0. The van der Waals surface area contributed by atoms with E-state index in [9.17, 15) is 4.79 Å².